The number of nitrogens with zero attached hydrogens (tertiary/aromatic N) is 1. The number of fused-ring (bicyclic) bond motifs is 2. The molecular weight excluding hydrogens is 226 g/mol. The van der Waals surface area contributed by atoms with Crippen LogP contribution >= 0.6 is 0 Å². The zero-order chi connectivity index (χ0) is 12.6. The van der Waals surface area contributed by atoms with E-state index in [0.29, 0.717) is 5.92 Å². The summed E-state index contributed by atoms with van der Waals surface area (Å²) in [6.45, 7) is 3.24. The highest BCUT2D eigenvalue weighted by Crippen LogP contribution is 2.39. The fraction of sp³-hybridized carbons (Fsp3) is 0.600. The number of para-hydroxylation sites is 1. The van der Waals surface area contributed by atoms with Crippen molar-refractivity contribution in [1.29, 1.82) is 0 Å². The minimum Gasteiger partial charge on any atom is -0.496 e. The Hall–Kier alpha value is -1.06. The van der Waals surface area contributed by atoms with Gasteiger partial charge >= 0.3 is 0 Å². The lowest BCUT2D eigenvalue weighted by Gasteiger charge is -2.39. The number of piperidine rings is 1. The van der Waals surface area contributed by atoms with Crippen molar-refractivity contribution < 1.29 is 9.84 Å². The minimum atomic E-state index is -0.540. The number of hydrogen-bond acceptors (Lipinski definition) is 3. The molecule has 2 saturated heterocycles. The number of rotatable bonds is 3. The third-order valence-electron chi connectivity index (χ3n) is 4.58. The van der Waals surface area contributed by atoms with Crippen molar-refractivity contribution >= 4 is 0 Å². The second-order valence-corrected chi connectivity index (χ2v) is 5.63. The van der Waals surface area contributed by atoms with Gasteiger partial charge in [-0.25, -0.2) is 0 Å². The van der Waals surface area contributed by atoms with Gasteiger partial charge in [0.05, 0.1) is 12.7 Å². The van der Waals surface area contributed by atoms with Gasteiger partial charge in [0.25, 0.3) is 0 Å². The van der Waals surface area contributed by atoms with Gasteiger partial charge in [-0.05, 0) is 31.0 Å². The number of aliphatic hydroxyl groups is 1. The molecule has 3 unspecified atom stereocenters. The molecule has 2 aliphatic heterocycles. The Morgan fingerprint density at radius 3 is 3.06 bits per heavy atom. The van der Waals surface area contributed by atoms with Crippen molar-refractivity contribution in [3.8, 4) is 5.75 Å². The molecule has 2 bridgehead atoms. The van der Waals surface area contributed by atoms with E-state index in [4.69, 9.17) is 4.74 Å². The number of methoxy groups -OCH3 is 1. The molecule has 0 saturated carbocycles. The SMILES string of the molecule is COc1ccccc1CC1(O)CCN2CCC1C2. The molecule has 2 aliphatic rings. The summed E-state index contributed by atoms with van der Waals surface area (Å²) in [7, 11) is 1.70. The molecule has 1 aromatic rings. The summed E-state index contributed by atoms with van der Waals surface area (Å²) >= 11 is 0. The predicted molar refractivity (Wildman–Crippen MR) is 70.8 cm³/mol. The minimum absolute atomic E-state index is 0.427. The molecule has 1 aromatic carbocycles. The molecular formula is C15H21NO2. The first-order valence-corrected chi connectivity index (χ1v) is 6.78. The maximum atomic E-state index is 10.9. The lowest BCUT2D eigenvalue weighted by molar-refractivity contribution is -0.0442. The van der Waals surface area contributed by atoms with E-state index in [0.717, 1.165) is 50.2 Å². The van der Waals surface area contributed by atoms with E-state index < -0.39 is 5.60 Å². The molecule has 0 amide bonds. The monoisotopic (exact) mass is 247 g/mol. The molecule has 0 aromatic heterocycles. The Bertz CT molecular complexity index is 434. The van der Waals surface area contributed by atoms with Crippen LogP contribution in [0.2, 0.25) is 0 Å². The van der Waals surface area contributed by atoms with Gasteiger partial charge in [-0.15, -0.1) is 0 Å². The zero-order valence-electron chi connectivity index (χ0n) is 10.9. The third-order valence-corrected chi connectivity index (χ3v) is 4.58. The van der Waals surface area contributed by atoms with Gasteiger partial charge in [0.2, 0.25) is 0 Å². The molecule has 3 atom stereocenters. The van der Waals surface area contributed by atoms with Crippen LogP contribution in [0.15, 0.2) is 24.3 Å². The van der Waals surface area contributed by atoms with Gasteiger partial charge in [-0.1, -0.05) is 18.2 Å². The topological polar surface area (TPSA) is 32.7 Å². The van der Waals surface area contributed by atoms with Crippen LogP contribution in [0.5, 0.6) is 5.75 Å². The highest BCUT2D eigenvalue weighted by Gasteiger charge is 2.44. The predicted octanol–water partition coefficient (Wildman–Crippen LogP) is 1.69. The molecule has 2 heterocycles. The second-order valence-electron chi connectivity index (χ2n) is 5.63. The van der Waals surface area contributed by atoms with E-state index in [2.05, 4.69) is 11.0 Å². The van der Waals surface area contributed by atoms with E-state index in [1.54, 1.807) is 7.11 Å². The summed E-state index contributed by atoms with van der Waals surface area (Å²) in [5, 5.41) is 10.9. The Labute approximate surface area is 108 Å². The molecule has 0 spiro atoms. The van der Waals surface area contributed by atoms with Gasteiger partial charge in [-0.3, -0.25) is 0 Å². The summed E-state index contributed by atoms with van der Waals surface area (Å²) in [4.78, 5) is 2.46. The lowest BCUT2D eigenvalue weighted by Crippen LogP contribution is -2.47. The van der Waals surface area contributed by atoms with Crippen molar-refractivity contribution in [1.82, 2.24) is 4.90 Å². The van der Waals surface area contributed by atoms with Crippen LogP contribution < -0.4 is 4.74 Å². The molecule has 3 rings (SSSR count). The molecule has 98 valence electrons. The first-order valence-electron chi connectivity index (χ1n) is 6.78. The van der Waals surface area contributed by atoms with Crippen molar-refractivity contribution in [2.45, 2.75) is 24.9 Å². The van der Waals surface area contributed by atoms with Crippen molar-refractivity contribution in [2.75, 3.05) is 26.7 Å². The lowest BCUT2D eigenvalue weighted by atomic mass is 9.78. The van der Waals surface area contributed by atoms with Crippen LogP contribution in [0, 0.1) is 5.92 Å². The highest BCUT2D eigenvalue weighted by atomic mass is 16.5. The molecule has 0 radical (unpaired) electrons. The average molecular weight is 247 g/mol. The standard InChI is InChI=1S/C15H21NO2/c1-18-14-5-3-2-4-12(14)10-15(17)7-9-16-8-6-13(15)11-16/h2-5,13,17H,6-11H2,1H3. The fourth-order valence-corrected chi connectivity index (χ4v) is 3.44. The summed E-state index contributed by atoms with van der Waals surface area (Å²) in [6.07, 6.45) is 2.73. The van der Waals surface area contributed by atoms with Crippen LogP contribution in [0.4, 0.5) is 0 Å². The number of ether oxygens (including phenoxy) is 1. The Morgan fingerprint density at radius 1 is 1.39 bits per heavy atom. The molecule has 3 heteroatoms. The smallest absolute Gasteiger partial charge is 0.122 e. The second kappa shape index (κ2) is 4.56. The quantitative estimate of drug-likeness (QED) is 0.882. The van der Waals surface area contributed by atoms with Crippen LogP contribution in [-0.2, 0) is 6.42 Å². The first-order chi connectivity index (χ1) is 8.71. The molecule has 2 fully saturated rings. The highest BCUT2D eigenvalue weighted by molar-refractivity contribution is 5.34. The van der Waals surface area contributed by atoms with Gasteiger partial charge in [0.1, 0.15) is 5.75 Å². The normalized spacial score (nSPS) is 34.6. The molecule has 0 aliphatic carbocycles. The van der Waals surface area contributed by atoms with Crippen LogP contribution in [0.3, 0.4) is 0 Å². The summed E-state index contributed by atoms with van der Waals surface area (Å²) in [6, 6.07) is 8.04. The largest absolute Gasteiger partial charge is 0.496 e. The van der Waals surface area contributed by atoms with E-state index in [-0.39, 0.29) is 0 Å². The maximum Gasteiger partial charge on any atom is 0.122 e. The maximum absolute atomic E-state index is 10.9. The Morgan fingerprint density at radius 2 is 2.22 bits per heavy atom. The van der Waals surface area contributed by atoms with Gasteiger partial charge in [-0.2, -0.15) is 0 Å². The average Bonchev–Trinajstić information content (AvgIpc) is 2.81. The van der Waals surface area contributed by atoms with E-state index in [1.807, 2.05) is 18.2 Å². The van der Waals surface area contributed by atoms with E-state index >= 15 is 0 Å². The van der Waals surface area contributed by atoms with Gasteiger partial charge in [0, 0.05) is 25.4 Å². The van der Waals surface area contributed by atoms with Crippen molar-refractivity contribution in [2.24, 2.45) is 5.92 Å². The molecule has 18 heavy (non-hydrogen) atoms. The van der Waals surface area contributed by atoms with Crippen LogP contribution in [-0.4, -0.2) is 42.4 Å². The summed E-state index contributed by atoms with van der Waals surface area (Å²) < 4.78 is 5.39. The van der Waals surface area contributed by atoms with Crippen LogP contribution in [0.1, 0.15) is 18.4 Å². The molecule has 3 nitrogen and oxygen atoms in total. The number of hydrogen-bond donors (Lipinski definition) is 1. The van der Waals surface area contributed by atoms with Crippen molar-refractivity contribution in [3.05, 3.63) is 29.8 Å². The Kier molecular flexibility index (Phi) is 3.04. The summed E-state index contributed by atoms with van der Waals surface area (Å²) in [5.41, 5.74) is 0.588. The molecule has 1 N–H and O–H groups in total. The van der Waals surface area contributed by atoms with Crippen LogP contribution in [0.25, 0.3) is 0 Å². The van der Waals surface area contributed by atoms with Gasteiger partial charge in [0.15, 0.2) is 0 Å². The van der Waals surface area contributed by atoms with E-state index in [1.165, 1.54) is 0 Å². The third kappa shape index (κ3) is 2.02. The van der Waals surface area contributed by atoms with Gasteiger partial charge < -0.3 is 14.7 Å². The summed E-state index contributed by atoms with van der Waals surface area (Å²) in [5.74, 6) is 1.32. The zero-order valence-corrected chi connectivity index (χ0v) is 10.9. The van der Waals surface area contributed by atoms with E-state index in [9.17, 15) is 5.11 Å². The van der Waals surface area contributed by atoms with Crippen molar-refractivity contribution in [3.63, 3.8) is 0 Å². The Balaban J connectivity index is 1.82. The first kappa shape index (κ1) is 12.0. The number of benzene rings is 1. The fourth-order valence-electron chi connectivity index (χ4n) is 3.44.